The molecule has 29 heavy (non-hydrogen) atoms. The fourth-order valence-electron chi connectivity index (χ4n) is 4.78. The monoisotopic (exact) mass is 422 g/mol. The predicted molar refractivity (Wildman–Crippen MR) is 108 cm³/mol. The molecule has 0 bridgehead atoms. The summed E-state index contributed by atoms with van der Waals surface area (Å²) >= 11 is 5.80. The summed E-state index contributed by atoms with van der Waals surface area (Å²) in [5.74, 6) is -0.787. The Balaban J connectivity index is 1.56. The molecule has 2 saturated carbocycles. The molecular weight excluding hydrogens is 399 g/mol. The normalized spacial score (nSPS) is 28.7. The van der Waals surface area contributed by atoms with Crippen molar-refractivity contribution < 1.29 is 18.7 Å². The molecule has 1 aromatic rings. The molecule has 3 fully saturated rings. The first-order chi connectivity index (χ1) is 13.8. The van der Waals surface area contributed by atoms with Gasteiger partial charge in [-0.15, -0.1) is 0 Å². The molecule has 1 amide bonds. The van der Waals surface area contributed by atoms with E-state index in [9.17, 15) is 9.18 Å². The standard InChI is InChI=1S/C20H24ClFN4O3/c1-25-18(24)16(19(27)26-12-2-3-15(22)14(21)8-12)17(23)10-6-11-9-20(13(11)7-10)28-4-5-29-20/h2-3,8,10-11,13H,4-7,9,23H2,1H3,(H2,24,25)(H,26,27). The molecule has 0 radical (unpaired) electrons. The van der Waals surface area contributed by atoms with Crippen LogP contribution in [-0.4, -0.2) is 37.8 Å². The Morgan fingerprint density at radius 3 is 2.69 bits per heavy atom. The number of aliphatic imine (C=N–C) groups is 1. The highest BCUT2D eigenvalue weighted by Gasteiger charge is 2.61. The summed E-state index contributed by atoms with van der Waals surface area (Å²) in [5.41, 5.74) is 13.3. The Hall–Kier alpha value is -2.16. The van der Waals surface area contributed by atoms with Gasteiger partial charge in [0, 0.05) is 36.7 Å². The van der Waals surface area contributed by atoms with Crippen molar-refractivity contribution in [2.24, 2.45) is 34.2 Å². The zero-order valence-electron chi connectivity index (χ0n) is 16.1. The third kappa shape index (κ3) is 3.49. The summed E-state index contributed by atoms with van der Waals surface area (Å²) < 4.78 is 25.1. The second-order valence-electron chi connectivity index (χ2n) is 7.77. The van der Waals surface area contributed by atoms with Crippen molar-refractivity contribution in [1.29, 1.82) is 0 Å². The molecule has 1 spiro atoms. The van der Waals surface area contributed by atoms with Crippen molar-refractivity contribution in [3.8, 4) is 0 Å². The number of carbonyl (C=O) groups excluding carboxylic acids is 1. The van der Waals surface area contributed by atoms with Gasteiger partial charge in [-0.25, -0.2) is 4.39 Å². The molecule has 0 aromatic heterocycles. The Kier molecular flexibility index (Phi) is 5.27. The summed E-state index contributed by atoms with van der Waals surface area (Å²) in [6.07, 6.45) is 2.47. The predicted octanol–water partition coefficient (Wildman–Crippen LogP) is 2.41. The molecule has 5 N–H and O–H groups in total. The fraction of sp³-hybridized carbons (Fsp3) is 0.500. The number of hydrogen-bond acceptors (Lipinski definition) is 5. The van der Waals surface area contributed by atoms with Crippen molar-refractivity contribution >= 4 is 29.0 Å². The molecule has 2 aliphatic carbocycles. The van der Waals surface area contributed by atoms with Crippen LogP contribution in [0, 0.1) is 23.6 Å². The molecule has 1 heterocycles. The number of carbonyl (C=O) groups is 1. The van der Waals surface area contributed by atoms with Crippen LogP contribution in [0.5, 0.6) is 0 Å². The van der Waals surface area contributed by atoms with E-state index in [1.54, 1.807) is 0 Å². The lowest BCUT2D eigenvalue weighted by Crippen LogP contribution is -2.52. The molecule has 7 nitrogen and oxygen atoms in total. The summed E-state index contributed by atoms with van der Waals surface area (Å²) in [6.45, 7) is 1.23. The maximum Gasteiger partial charge on any atom is 0.261 e. The number of anilines is 1. The number of benzene rings is 1. The van der Waals surface area contributed by atoms with Crippen LogP contribution in [0.4, 0.5) is 10.1 Å². The number of halogens is 2. The minimum absolute atomic E-state index is 0.0185. The van der Waals surface area contributed by atoms with Gasteiger partial charge in [-0.3, -0.25) is 9.79 Å². The van der Waals surface area contributed by atoms with Crippen LogP contribution in [0.15, 0.2) is 34.5 Å². The van der Waals surface area contributed by atoms with E-state index in [1.165, 1.54) is 25.2 Å². The maximum absolute atomic E-state index is 13.4. The lowest BCUT2D eigenvalue weighted by Gasteiger charge is -2.47. The van der Waals surface area contributed by atoms with E-state index in [1.807, 2.05) is 0 Å². The second-order valence-corrected chi connectivity index (χ2v) is 8.18. The zero-order chi connectivity index (χ0) is 20.8. The molecule has 1 aromatic carbocycles. The summed E-state index contributed by atoms with van der Waals surface area (Å²) in [4.78, 5) is 16.9. The highest BCUT2D eigenvalue weighted by atomic mass is 35.5. The summed E-state index contributed by atoms with van der Waals surface area (Å²) in [7, 11) is 1.50. The van der Waals surface area contributed by atoms with Crippen molar-refractivity contribution in [2.75, 3.05) is 25.6 Å². The van der Waals surface area contributed by atoms with Crippen LogP contribution in [0.1, 0.15) is 19.3 Å². The van der Waals surface area contributed by atoms with Crippen molar-refractivity contribution in [2.45, 2.75) is 25.0 Å². The average molecular weight is 423 g/mol. The van der Waals surface area contributed by atoms with Gasteiger partial charge in [0.1, 0.15) is 17.2 Å². The molecule has 3 unspecified atom stereocenters. The van der Waals surface area contributed by atoms with E-state index in [0.717, 1.165) is 19.3 Å². The quantitative estimate of drug-likeness (QED) is 0.392. The number of nitrogens with one attached hydrogen (secondary N) is 1. The van der Waals surface area contributed by atoms with Gasteiger partial charge in [0.25, 0.3) is 5.91 Å². The Morgan fingerprint density at radius 2 is 2.03 bits per heavy atom. The van der Waals surface area contributed by atoms with E-state index in [-0.39, 0.29) is 28.3 Å². The number of ether oxygens (including phenoxy) is 2. The van der Waals surface area contributed by atoms with Crippen LogP contribution in [-0.2, 0) is 14.3 Å². The SMILES string of the molecule is CN=C(N)C(C(=O)Nc1ccc(F)c(Cl)c1)=C(N)C1CC2CC3(OCCO3)C2C1. The Labute approximate surface area is 173 Å². The van der Waals surface area contributed by atoms with Crippen LogP contribution < -0.4 is 16.8 Å². The van der Waals surface area contributed by atoms with Gasteiger partial charge < -0.3 is 26.3 Å². The Morgan fingerprint density at radius 1 is 1.31 bits per heavy atom. The molecule has 4 rings (SSSR count). The van der Waals surface area contributed by atoms with E-state index < -0.39 is 17.5 Å². The van der Waals surface area contributed by atoms with Gasteiger partial charge in [-0.2, -0.15) is 0 Å². The number of allylic oxidation sites excluding steroid dienone is 1. The first-order valence-electron chi connectivity index (χ1n) is 9.61. The van der Waals surface area contributed by atoms with E-state index in [2.05, 4.69) is 10.3 Å². The van der Waals surface area contributed by atoms with Gasteiger partial charge in [0.2, 0.25) is 0 Å². The molecular formula is C20H24ClFN4O3. The number of amidine groups is 1. The van der Waals surface area contributed by atoms with Crippen LogP contribution >= 0.6 is 11.6 Å². The highest BCUT2D eigenvalue weighted by molar-refractivity contribution is 6.31. The number of nitrogens with two attached hydrogens (primary N) is 2. The zero-order valence-corrected chi connectivity index (χ0v) is 16.8. The van der Waals surface area contributed by atoms with E-state index in [4.69, 9.17) is 32.5 Å². The third-order valence-corrected chi connectivity index (χ3v) is 6.50. The number of rotatable bonds is 4. The van der Waals surface area contributed by atoms with Gasteiger partial charge in [-0.05, 0) is 37.0 Å². The second kappa shape index (κ2) is 7.59. The molecule has 3 atom stereocenters. The molecule has 1 saturated heterocycles. The van der Waals surface area contributed by atoms with Gasteiger partial charge >= 0.3 is 0 Å². The largest absolute Gasteiger partial charge is 0.401 e. The smallest absolute Gasteiger partial charge is 0.261 e. The molecule has 156 valence electrons. The third-order valence-electron chi connectivity index (χ3n) is 6.21. The number of fused-ring (bicyclic) bond motifs is 2. The minimum atomic E-state index is -0.568. The number of nitrogens with zero attached hydrogens (tertiary/aromatic N) is 1. The van der Waals surface area contributed by atoms with Crippen LogP contribution in [0.2, 0.25) is 5.02 Å². The topological polar surface area (TPSA) is 112 Å². The van der Waals surface area contributed by atoms with E-state index in [0.29, 0.717) is 30.5 Å². The first-order valence-corrected chi connectivity index (χ1v) is 9.99. The Bertz CT molecular complexity index is 898. The molecule has 1 aliphatic heterocycles. The summed E-state index contributed by atoms with van der Waals surface area (Å²) in [5, 5.41) is 2.59. The van der Waals surface area contributed by atoms with Crippen LogP contribution in [0.3, 0.4) is 0 Å². The molecule has 9 heteroatoms. The van der Waals surface area contributed by atoms with Gasteiger partial charge in [-0.1, -0.05) is 11.6 Å². The maximum atomic E-state index is 13.4. The van der Waals surface area contributed by atoms with E-state index >= 15 is 0 Å². The average Bonchev–Trinajstić information content (AvgIpc) is 3.30. The van der Waals surface area contributed by atoms with Crippen molar-refractivity contribution in [3.63, 3.8) is 0 Å². The van der Waals surface area contributed by atoms with Crippen LogP contribution in [0.25, 0.3) is 0 Å². The number of amides is 1. The fourth-order valence-corrected chi connectivity index (χ4v) is 4.96. The number of hydrogen-bond donors (Lipinski definition) is 3. The highest BCUT2D eigenvalue weighted by Crippen LogP contribution is 2.60. The lowest BCUT2D eigenvalue weighted by molar-refractivity contribution is -0.267. The summed E-state index contributed by atoms with van der Waals surface area (Å²) in [6, 6.07) is 3.92. The first kappa shape index (κ1) is 20.1. The van der Waals surface area contributed by atoms with Gasteiger partial charge in [0.05, 0.1) is 18.2 Å². The lowest BCUT2D eigenvalue weighted by atomic mass is 9.70. The van der Waals surface area contributed by atoms with Gasteiger partial charge in [0.15, 0.2) is 5.79 Å². The van der Waals surface area contributed by atoms with Crippen molar-refractivity contribution in [3.05, 3.63) is 40.3 Å². The molecule has 3 aliphatic rings. The van der Waals surface area contributed by atoms with Crippen molar-refractivity contribution in [1.82, 2.24) is 0 Å². The minimum Gasteiger partial charge on any atom is -0.401 e.